The van der Waals surface area contributed by atoms with Crippen LogP contribution in [0.25, 0.3) is 27.4 Å². The van der Waals surface area contributed by atoms with Crippen LogP contribution < -0.4 is 0 Å². The summed E-state index contributed by atoms with van der Waals surface area (Å²) in [5, 5.41) is 1.75. The van der Waals surface area contributed by atoms with Crippen molar-refractivity contribution >= 4 is 27.4 Å². The molecule has 0 radical (unpaired) electrons. The Balaban J connectivity index is 2.20. The van der Waals surface area contributed by atoms with Crippen molar-refractivity contribution in [1.82, 2.24) is 0 Å². The molecule has 0 saturated carbocycles. The van der Waals surface area contributed by atoms with Gasteiger partial charge in [0.2, 0.25) is 5.83 Å². The molecule has 0 amide bonds. The van der Waals surface area contributed by atoms with Gasteiger partial charge in [-0.25, -0.2) is 8.78 Å². The minimum Gasteiger partial charge on any atom is -0.203 e. The number of allylic oxidation sites excluding steroid dienone is 1. The second-order valence-electron chi connectivity index (χ2n) is 5.65. The number of halogens is 6. The maximum absolute atomic E-state index is 14.2. The second kappa shape index (κ2) is 4.53. The van der Waals surface area contributed by atoms with Gasteiger partial charge in [-0.3, -0.25) is 0 Å². The van der Waals surface area contributed by atoms with Crippen molar-refractivity contribution in [2.24, 2.45) is 0 Å². The van der Waals surface area contributed by atoms with Crippen molar-refractivity contribution < 1.29 is 26.3 Å². The Morgan fingerprint density at radius 3 is 2.04 bits per heavy atom. The topological polar surface area (TPSA) is 0 Å². The molecule has 6 heteroatoms. The Morgan fingerprint density at radius 2 is 1.29 bits per heavy atom. The van der Waals surface area contributed by atoms with E-state index in [1.165, 1.54) is 12.1 Å². The fourth-order valence-corrected chi connectivity index (χ4v) is 3.14. The van der Waals surface area contributed by atoms with E-state index in [1.807, 2.05) is 0 Å². The molecule has 0 atom stereocenters. The van der Waals surface area contributed by atoms with Crippen LogP contribution in [0, 0.1) is 0 Å². The number of rotatable bonds is 0. The van der Waals surface area contributed by atoms with Gasteiger partial charge in [0.05, 0.1) is 0 Å². The molecule has 0 spiro atoms. The molecular formula is C18H8F6. The predicted molar refractivity (Wildman–Crippen MR) is 79.4 cm³/mol. The lowest BCUT2D eigenvalue weighted by molar-refractivity contribution is -0.204. The van der Waals surface area contributed by atoms with E-state index >= 15 is 0 Å². The largest absolute Gasteiger partial charge is 0.368 e. The van der Waals surface area contributed by atoms with Crippen molar-refractivity contribution in [2.75, 3.05) is 0 Å². The minimum atomic E-state index is -5.21. The summed E-state index contributed by atoms with van der Waals surface area (Å²) in [5.74, 6) is -14.7. The van der Waals surface area contributed by atoms with Crippen molar-refractivity contribution in [2.45, 2.75) is 11.8 Å². The molecule has 3 aromatic carbocycles. The highest BCUT2D eigenvalue weighted by molar-refractivity contribution is 6.11. The molecule has 0 saturated heterocycles. The Hall–Kier alpha value is -2.50. The zero-order chi connectivity index (χ0) is 17.3. The molecule has 4 rings (SSSR count). The first kappa shape index (κ1) is 15.1. The van der Waals surface area contributed by atoms with Gasteiger partial charge in [-0.15, -0.1) is 0 Å². The van der Waals surface area contributed by atoms with Crippen LogP contribution in [0.3, 0.4) is 0 Å². The number of fused-ring (bicyclic) bond motifs is 5. The maximum atomic E-state index is 14.2. The average Bonchev–Trinajstić information content (AvgIpc) is 2.57. The molecule has 3 aromatic rings. The summed E-state index contributed by atoms with van der Waals surface area (Å²) in [5.41, 5.74) is -2.03. The van der Waals surface area contributed by atoms with Gasteiger partial charge in [-0.2, -0.15) is 17.6 Å². The van der Waals surface area contributed by atoms with Gasteiger partial charge in [0.25, 0.3) is 0 Å². The molecule has 1 aliphatic carbocycles. The fourth-order valence-electron chi connectivity index (χ4n) is 3.14. The Bertz CT molecular complexity index is 1030. The lowest BCUT2D eigenvalue weighted by Gasteiger charge is -2.31. The summed E-state index contributed by atoms with van der Waals surface area (Å²) in [6.07, 6.45) is 0. The van der Waals surface area contributed by atoms with E-state index in [2.05, 4.69) is 0 Å². The quantitative estimate of drug-likeness (QED) is 0.331. The van der Waals surface area contributed by atoms with Gasteiger partial charge in [0, 0.05) is 11.1 Å². The third-order valence-electron chi connectivity index (χ3n) is 4.35. The number of benzene rings is 3. The molecule has 0 aromatic heterocycles. The fraction of sp³-hybridized carbons (Fsp3) is 0.111. The van der Waals surface area contributed by atoms with Crippen LogP contribution >= 0.6 is 0 Å². The smallest absolute Gasteiger partial charge is 0.203 e. The van der Waals surface area contributed by atoms with Gasteiger partial charge in [-0.05, 0) is 21.5 Å². The highest BCUT2D eigenvalue weighted by Gasteiger charge is 2.65. The Morgan fingerprint density at radius 1 is 0.625 bits per heavy atom. The molecule has 0 aliphatic heterocycles. The lowest BCUT2D eigenvalue weighted by Crippen LogP contribution is -2.42. The first-order valence-corrected chi connectivity index (χ1v) is 7.03. The molecule has 0 heterocycles. The van der Waals surface area contributed by atoms with Crippen molar-refractivity contribution in [1.29, 1.82) is 0 Å². The van der Waals surface area contributed by atoms with Crippen LogP contribution in [0.1, 0.15) is 11.1 Å². The number of alkyl halides is 4. The van der Waals surface area contributed by atoms with Crippen LogP contribution in [-0.2, 0) is 5.92 Å². The summed E-state index contributed by atoms with van der Waals surface area (Å²) < 4.78 is 83.0. The van der Waals surface area contributed by atoms with Gasteiger partial charge in [0.1, 0.15) is 0 Å². The van der Waals surface area contributed by atoms with Crippen LogP contribution in [0.15, 0.2) is 54.4 Å². The van der Waals surface area contributed by atoms with E-state index in [1.54, 1.807) is 30.3 Å². The molecule has 122 valence electrons. The first-order valence-electron chi connectivity index (χ1n) is 7.03. The monoisotopic (exact) mass is 338 g/mol. The second-order valence-corrected chi connectivity index (χ2v) is 5.65. The summed E-state index contributed by atoms with van der Waals surface area (Å²) in [6.45, 7) is 0. The van der Waals surface area contributed by atoms with E-state index in [0.29, 0.717) is 10.8 Å². The van der Waals surface area contributed by atoms with Crippen LogP contribution in [0.5, 0.6) is 0 Å². The Labute approximate surface area is 132 Å². The van der Waals surface area contributed by atoms with E-state index < -0.39 is 34.6 Å². The average molecular weight is 338 g/mol. The van der Waals surface area contributed by atoms with Gasteiger partial charge >= 0.3 is 11.8 Å². The Kier molecular flexibility index (Phi) is 2.84. The molecule has 0 bridgehead atoms. The highest BCUT2D eigenvalue weighted by atomic mass is 19.3. The molecule has 24 heavy (non-hydrogen) atoms. The van der Waals surface area contributed by atoms with Crippen molar-refractivity contribution in [3.05, 3.63) is 65.5 Å². The molecule has 0 N–H and O–H groups in total. The number of hydrogen-bond donors (Lipinski definition) is 0. The zero-order valence-electron chi connectivity index (χ0n) is 11.9. The molecule has 0 unspecified atom stereocenters. The van der Waals surface area contributed by atoms with Crippen molar-refractivity contribution in [3.8, 4) is 0 Å². The predicted octanol–water partition coefficient (Wildman–Crippen LogP) is 6.34. The maximum Gasteiger partial charge on any atom is 0.368 e. The van der Waals surface area contributed by atoms with E-state index in [-0.39, 0.29) is 5.39 Å². The van der Waals surface area contributed by atoms with Crippen molar-refractivity contribution in [3.63, 3.8) is 0 Å². The minimum absolute atomic E-state index is 0.0333. The highest BCUT2D eigenvalue weighted by Crippen LogP contribution is 2.56. The summed E-state index contributed by atoms with van der Waals surface area (Å²) in [4.78, 5) is 0. The van der Waals surface area contributed by atoms with E-state index in [4.69, 9.17) is 0 Å². The summed E-state index contributed by atoms with van der Waals surface area (Å²) in [6, 6.07) is 11.8. The normalized spacial score (nSPS) is 18.9. The van der Waals surface area contributed by atoms with E-state index in [9.17, 15) is 26.3 Å². The summed E-state index contributed by atoms with van der Waals surface area (Å²) in [7, 11) is 0. The third kappa shape index (κ3) is 1.66. The summed E-state index contributed by atoms with van der Waals surface area (Å²) >= 11 is 0. The van der Waals surface area contributed by atoms with E-state index in [0.717, 1.165) is 11.5 Å². The molecule has 0 nitrogen and oxygen atoms in total. The SMILES string of the molecule is FC1=C(F)C(F)(F)C(F)(F)c2ccc3c(ccc4ccccc43)c21. The standard InChI is InChI=1S/C18H8F6/c19-15-14-12-6-5-9-3-1-2-4-10(9)11(12)7-8-13(14)17(21,22)18(23,24)16(15)20/h1-8H. The molecule has 1 aliphatic rings. The molecular weight excluding hydrogens is 330 g/mol. The van der Waals surface area contributed by atoms with Gasteiger partial charge in [-0.1, -0.05) is 48.5 Å². The number of hydrogen-bond acceptors (Lipinski definition) is 0. The van der Waals surface area contributed by atoms with Gasteiger partial charge < -0.3 is 0 Å². The third-order valence-corrected chi connectivity index (χ3v) is 4.35. The van der Waals surface area contributed by atoms with Crippen LogP contribution in [-0.4, -0.2) is 5.92 Å². The van der Waals surface area contributed by atoms with Crippen LogP contribution in [0.4, 0.5) is 26.3 Å². The van der Waals surface area contributed by atoms with Gasteiger partial charge in [0.15, 0.2) is 5.83 Å². The zero-order valence-corrected chi connectivity index (χ0v) is 11.9. The molecule has 0 fully saturated rings. The van der Waals surface area contributed by atoms with Crippen LogP contribution in [0.2, 0.25) is 0 Å². The lowest BCUT2D eigenvalue weighted by atomic mass is 9.85. The first-order chi connectivity index (χ1) is 11.3.